The van der Waals surface area contributed by atoms with Crippen LogP contribution in [-0.2, 0) is 10.0 Å². The van der Waals surface area contributed by atoms with Crippen molar-refractivity contribution in [1.82, 2.24) is 9.29 Å². The van der Waals surface area contributed by atoms with E-state index >= 15 is 0 Å². The van der Waals surface area contributed by atoms with E-state index in [9.17, 15) is 8.42 Å². The van der Waals surface area contributed by atoms with Crippen LogP contribution < -0.4 is 0 Å². The van der Waals surface area contributed by atoms with Crippen molar-refractivity contribution in [2.24, 2.45) is 0 Å². The second-order valence-corrected chi connectivity index (χ2v) is 6.80. The Bertz CT molecular complexity index is 728. The SMILES string of the molecule is Cc1ccc(S(=O)(=O)N(C)C(C)CO)c2cccnc12. The molecule has 0 radical (unpaired) electrons. The molecule has 2 rings (SSSR count). The molecule has 0 aliphatic carbocycles. The number of likely N-dealkylation sites (N-methyl/N-ethyl adjacent to an activating group) is 1. The Morgan fingerprint density at radius 2 is 2.05 bits per heavy atom. The molecule has 1 unspecified atom stereocenters. The first-order valence-electron chi connectivity index (χ1n) is 6.33. The van der Waals surface area contributed by atoms with Crippen molar-refractivity contribution in [3.63, 3.8) is 0 Å². The third kappa shape index (κ3) is 2.42. The zero-order valence-electron chi connectivity index (χ0n) is 11.7. The first kappa shape index (κ1) is 14.9. The average Bonchev–Trinajstić information content (AvgIpc) is 2.46. The monoisotopic (exact) mass is 294 g/mol. The second kappa shape index (κ2) is 5.47. The third-order valence-corrected chi connectivity index (χ3v) is 5.50. The maximum Gasteiger partial charge on any atom is 0.243 e. The van der Waals surface area contributed by atoms with Crippen LogP contribution in [0.15, 0.2) is 35.4 Å². The van der Waals surface area contributed by atoms with Gasteiger partial charge < -0.3 is 5.11 Å². The zero-order valence-corrected chi connectivity index (χ0v) is 12.6. The van der Waals surface area contributed by atoms with E-state index < -0.39 is 16.1 Å². The number of aliphatic hydroxyl groups excluding tert-OH is 1. The molecule has 0 saturated heterocycles. The van der Waals surface area contributed by atoms with Gasteiger partial charge in [0.05, 0.1) is 17.0 Å². The van der Waals surface area contributed by atoms with Gasteiger partial charge in [-0.05, 0) is 37.6 Å². The molecule has 1 heterocycles. The van der Waals surface area contributed by atoms with Gasteiger partial charge in [0, 0.05) is 24.7 Å². The van der Waals surface area contributed by atoms with E-state index in [0.29, 0.717) is 10.9 Å². The van der Waals surface area contributed by atoms with Gasteiger partial charge in [-0.3, -0.25) is 4.98 Å². The summed E-state index contributed by atoms with van der Waals surface area (Å²) in [6, 6.07) is 6.33. The van der Waals surface area contributed by atoms with Gasteiger partial charge in [0.1, 0.15) is 0 Å². The topological polar surface area (TPSA) is 70.5 Å². The number of hydrogen-bond donors (Lipinski definition) is 1. The summed E-state index contributed by atoms with van der Waals surface area (Å²) in [5.74, 6) is 0. The van der Waals surface area contributed by atoms with Crippen LogP contribution in [0.3, 0.4) is 0 Å². The molecule has 0 amide bonds. The minimum absolute atomic E-state index is 0.217. The molecule has 1 aromatic heterocycles. The lowest BCUT2D eigenvalue weighted by Gasteiger charge is -2.23. The van der Waals surface area contributed by atoms with Crippen LogP contribution in [0.1, 0.15) is 12.5 Å². The molecule has 1 aromatic carbocycles. The Labute approximate surface area is 118 Å². The largest absolute Gasteiger partial charge is 0.395 e. The number of aromatic nitrogens is 1. The van der Waals surface area contributed by atoms with E-state index in [1.54, 1.807) is 37.4 Å². The Hall–Kier alpha value is -1.50. The van der Waals surface area contributed by atoms with Gasteiger partial charge >= 0.3 is 0 Å². The molecule has 20 heavy (non-hydrogen) atoms. The molecule has 0 spiro atoms. The van der Waals surface area contributed by atoms with Crippen molar-refractivity contribution in [2.75, 3.05) is 13.7 Å². The first-order chi connectivity index (χ1) is 9.39. The van der Waals surface area contributed by atoms with Gasteiger partial charge in [-0.25, -0.2) is 8.42 Å². The quantitative estimate of drug-likeness (QED) is 0.928. The van der Waals surface area contributed by atoms with Crippen LogP contribution in [0.5, 0.6) is 0 Å². The van der Waals surface area contributed by atoms with Crippen molar-refractivity contribution in [1.29, 1.82) is 0 Å². The van der Waals surface area contributed by atoms with Crippen LogP contribution in [0, 0.1) is 6.92 Å². The van der Waals surface area contributed by atoms with E-state index in [4.69, 9.17) is 5.11 Å². The van der Waals surface area contributed by atoms with Crippen molar-refractivity contribution >= 4 is 20.9 Å². The summed E-state index contributed by atoms with van der Waals surface area (Å²) < 4.78 is 26.5. The fourth-order valence-electron chi connectivity index (χ4n) is 2.02. The molecule has 2 aromatic rings. The van der Waals surface area contributed by atoms with E-state index in [1.807, 2.05) is 6.92 Å². The van der Waals surface area contributed by atoms with Crippen molar-refractivity contribution in [3.05, 3.63) is 36.0 Å². The normalized spacial score (nSPS) is 13.8. The lowest BCUT2D eigenvalue weighted by molar-refractivity contribution is 0.214. The lowest BCUT2D eigenvalue weighted by Crippen LogP contribution is -2.37. The fourth-order valence-corrected chi connectivity index (χ4v) is 3.55. The Balaban J connectivity index is 2.67. The number of sulfonamides is 1. The van der Waals surface area contributed by atoms with Gasteiger partial charge in [0.2, 0.25) is 10.0 Å². The number of aryl methyl sites for hydroxylation is 1. The Kier molecular flexibility index (Phi) is 4.08. The minimum atomic E-state index is -3.66. The number of fused-ring (bicyclic) bond motifs is 1. The van der Waals surface area contributed by atoms with Crippen LogP contribution in [0.2, 0.25) is 0 Å². The predicted octanol–water partition coefficient (Wildman–Crippen LogP) is 1.54. The summed E-state index contributed by atoms with van der Waals surface area (Å²) in [7, 11) is -2.19. The summed E-state index contributed by atoms with van der Waals surface area (Å²) in [5, 5.41) is 9.76. The number of benzene rings is 1. The van der Waals surface area contributed by atoms with Gasteiger partial charge in [0.15, 0.2) is 0 Å². The number of pyridine rings is 1. The van der Waals surface area contributed by atoms with Crippen LogP contribution in [0.4, 0.5) is 0 Å². The molecule has 0 aliphatic heterocycles. The maximum absolute atomic E-state index is 12.6. The first-order valence-corrected chi connectivity index (χ1v) is 7.77. The maximum atomic E-state index is 12.6. The molecule has 6 heteroatoms. The minimum Gasteiger partial charge on any atom is -0.395 e. The number of aliphatic hydroxyl groups is 1. The van der Waals surface area contributed by atoms with Crippen molar-refractivity contribution in [2.45, 2.75) is 24.8 Å². The van der Waals surface area contributed by atoms with Crippen LogP contribution >= 0.6 is 0 Å². The van der Waals surface area contributed by atoms with Crippen LogP contribution in [-0.4, -0.2) is 42.5 Å². The Morgan fingerprint density at radius 1 is 1.35 bits per heavy atom. The molecule has 108 valence electrons. The van der Waals surface area contributed by atoms with Crippen molar-refractivity contribution < 1.29 is 13.5 Å². The highest BCUT2D eigenvalue weighted by molar-refractivity contribution is 7.89. The zero-order chi connectivity index (χ0) is 14.9. The highest BCUT2D eigenvalue weighted by Gasteiger charge is 2.27. The average molecular weight is 294 g/mol. The van der Waals surface area contributed by atoms with E-state index in [-0.39, 0.29) is 11.5 Å². The molecule has 0 aliphatic rings. The van der Waals surface area contributed by atoms with Gasteiger partial charge in [-0.2, -0.15) is 4.31 Å². The molecule has 1 atom stereocenters. The van der Waals surface area contributed by atoms with Crippen LogP contribution in [0.25, 0.3) is 10.9 Å². The summed E-state index contributed by atoms with van der Waals surface area (Å²) in [5.41, 5.74) is 1.61. The number of nitrogens with zero attached hydrogens (tertiary/aromatic N) is 2. The fraction of sp³-hybridized carbons (Fsp3) is 0.357. The van der Waals surface area contributed by atoms with Crippen molar-refractivity contribution in [3.8, 4) is 0 Å². The lowest BCUT2D eigenvalue weighted by atomic mass is 10.1. The summed E-state index contributed by atoms with van der Waals surface area (Å²) in [4.78, 5) is 4.46. The molecule has 0 fully saturated rings. The number of rotatable bonds is 4. The molecule has 5 nitrogen and oxygen atoms in total. The van der Waals surface area contributed by atoms with E-state index in [0.717, 1.165) is 5.56 Å². The van der Waals surface area contributed by atoms with Gasteiger partial charge in [-0.15, -0.1) is 0 Å². The van der Waals surface area contributed by atoms with E-state index in [2.05, 4.69) is 4.98 Å². The highest BCUT2D eigenvalue weighted by atomic mass is 32.2. The summed E-state index contributed by atoms with van der Waals surface area (Å²) in [6.45, 7) is 3.33. The number of hydrogen-bond acceptors (Lipinski definition) is 4. The van der Waals surface area contributed by atoms with E-state index in [1.165, 1.54) is 11.4 Å². The molecule has 1 N–H and O–H groups in total. The second-order valence-electron chi connectivity index (χ2n) is 4.83. The molecular formula is C14H18N2O3S. The summed E-state index contributed by atoms with van der Waals surface area (Å²) in [6.07, 6.45) is 1.64. The molecule has 0 bridgehead atoms. The third-order valence-electron chi connectivity index (χ3n) is 3.47. The Morgan fingerprint density at radius 3 is 2.70 bits per heavy atom. The van der Waals surface area contributed by atoms with Gasteiger partial charge in [-0.1, -0.05) is 6.07 Å². The molecule has 0 saturated carbocycles. The smallest absolute Gasteiger partial charge is 0.243 e. The van der Waals surface area contributed by atoms with Gasteiger partial charge in [0.25, 0.3) is 0 Å². The molecular weight excluding hydrogens is 276 g/mol. The summed E-state index contributed by atoms with van der Waals surface area (Å²) >= 11 is 0. The standard InChI is InChI=1S/C14H18N2O3S/c1-10-6-7-13(12-5-4-8-15-14(10)12)20(18,19)16(3)11(2)9-17/h4-8,11,17H,9H2,1-3H3. The highest BCUT2D eigenvalue weighted by Crippen LogP contribution is 2.26. The predicted molar refractivity (Wildman–Crippen MR) is 78.0 cm³/mol.